The number of hydrogen-bond donors (Lipinski definition) is 0. The summed E-state index contributed by atoms with van der Waals surface area (Å²) in [5.41, 5.74) is 2.77. The van der Waals surface area contributed by atoms with E-state index in [1.165, 1.54) is 16.1 Å². The summed E-state index contributed by atoms with van der Waals surface area (Å²) in [5, 5.41) is 4.14. The van der Waals surface area contributed by atoms with Crippen molar-refractivity contribution in [1.29, 1.82) is 0 Å². The Morgan fingerprint density at radius 3 is 2.52 bits per heavy atom. The monoisotopic (exact) mass is 318 g/mol. The van der Waals surface area contributed by atoms with Gasteiger partial charge in [0.05, 0.1) is 6.54 Å². The molecule has 23 heavy (non-hydrogen) atoms. The van der Waals surface area contributed by atoms with E-state index >= 15 is 0 Å². The summed E-state index contributed by atoms with van der Waals surface area (Å²) in [6.45, 7) is 3.93. The molecule has 124 valence electrons. The van der Waals surface area contributed by atoms with E-state index in [1.807, 2.05) is 13.8 Å². The Balaban J connectivity index is 2.06. The zero-order valence-electron chi connectivity index (χ0n) is 14.2. The highest BCUT2D eigenvalue weighted by Gasteiger charge is 2.16. The van der Waals surface area contributed by atoms with Crippen molar-refractivity contribution in [2.75, 3.05) is 27.7 Å². The van der Waals surface area contributed by atoms with Crippen LogP contribution in [0.25, 0.3) is 5.78 Å². The molecule has 0 N–H and O–H groups in total. The van der Waals surface area contributed by atoms with Gasteiger partial charge in [-0.1, -0.05) is 0 Å². The molecule has 0 bridgehead atoms. The van der Waals surface area contributed by atoms with E-state index in [4.69, 9.17) is 0 Å². The Morgan fingerprint density at radius 1 is 1.17 bits per heavy atom. The van der Waals surface area contributed by atoms with Gasteiger partial charge in [-0.25, -0.2) is 9.50 Å². The standard InChI is InChI=1S/C15H22N6O2/c1-10-12(11(2)21-15(18-10)16-9-17-21)6-7-13(22)20(5)8-14(23)19(3)4/h9H,6-8H2,1-5H3. The SMILES string of the molecule is Cc1nc2ncnn2c(C)c1CCC(=O)N(C)CC(=O)N(C)C. The maximum atomic E-state index is 12.2. The van der Waals surface area contributed by atoms with E-state index in [2.05, 4.69) is 15.1 Å². The molecule has 0 spiro atoms. The number of carbonyl (C=O) groups is 2. The number of aryl methyl sites for hydroxylation is 2. The van der Waals surface area contributed by atoms with Crippen molar-refractivity contribution in [3.8, 4) is 0 Å². The van der Waals surface area contributed by atoms with Gasteiger partial charge >= 0.3 is 0 Å². The van der Waals surface area contributed by atoms with Crippen molar-refractivity contribution in [3.05, 3.63) is 23.3 Å². The second kappa shape index (κ2) is 6.72. The van der Waals surface area contributed by atoms with Gasteiger partial charge in [-0.2, -0.15) is 10.1 Å². The third-order valence-electron chi connectivity index (χ3n) is 3.87. The molecule has 0 aliphatic heterocycles. The molecule has 0 atom stereocenters. The summed E-state index contributed by atoms with van der Waals surface area (Å²) in [4.78, 5) is 35.3. The Hall–Kier alpha value is -2.51. The first-order chi connectivity index (χ1) is 10.8. The van der Waals surface area contributed by atoms with Crippen LogP contribution in [0.15, 0.2) is 6.33 Å². The molecular formula is C15H22N6O2. The molecule has 2 aromatic heterocycles. The first kappa shape index (κ1) is 16.9. The predicted molar refractivity (Wildman–Crippen MR) is 84.9 cm³/mol. The van der Waals surface area contributed by atoms with Crippen molar-refractivity contribution in [1.82, 2.24) is 29.4 Å². The zero-order chi connectivity index (χ0) is 17.1. The fourth-order valence-electron chi connectivity index (χ4n) is 2.37. The first-order valence-corrected chi connectivity index (χ1v) is 7.41. The largest absolute Gasteiger partial charge is 0.347 e. The van der Waals surface area contributed by atoms with Crippen LogP contribution in [0.4, 0.5) is 0 Å². The maximum absolute atomic E-state index is 12.2. The number of rotatable bonds is 5. The Morgan fingerprint density at radius 2 is 1.87 bits per heavy atom. The molecule has 0 aliphatic rings. The summed E-state index contributed by atoms with van der Waals surface area (Å²) in [6, 6.07) is 0. The van der Waals surface area contributed by atoms with Crippen LogP contribution in [0.3, 0.4) is 0 Å². The van der Waals surface area contributed by atoms with Gasteiger partial charge in [0.1, 0.15) is 6.33 Å². The van der Waals surface area contributed by atoms with Gasteiger partial charge in [-0.15, -0.1) is 0 Å². The van der Waals surface area contributed by atoms with Crippen LogP contribution in [-0.4, -0.2) is 68.9 Å². The van der Waals surface area contributed by atoms with E-state index in [0.717, 1.165) is 17.0 Å². The Bertz CT molecular complexity index is 737. The van der Waals surface area contributed by atoms with Gasteiger partial charge in [0.25, 0.3) is 5.78 Å². The van der Waals surface area contributed by atoms with Crippen LogP contribution in [0.2, 0.25) is 0 Å². The highest BCUT2D eigenvalue weighted by Crippen LogP contribution is 2.15. The van der Waals surface area contributed by atoms with Crippen LogP contribution in [-0.2, 0) is 16.0 Å². The lowest BCUT2D eigenvalue weighted by molar-refractivity contribution is -0.137. The summed E-state index contributed by atoms with van der Waals surface area (Å²) in [5.74, 6) is 0.389. The third-order valence-corrected chi connectivity index (χ3v) is 3.87. The van der Waals surface area contributed by atoms with Crippen LogP contribution >= 0.6 is 0 Å². The minimum atomic E-state index is -0.0982. The molecule has 0 unspecified atom stereocenters. The molecular weight excluding hydrogens is 296 g/mol. The molecule has 0 radical (unpaired) electrons. The minimum Gasteiger partial charge on any atom is -0.347 e. The quantitative estimate of drug-likeness (QED) is 0.787. The molecule has 2 aromatic rings. The zero-order valence-corrected chi connectivity index (χ0v) is 14.2. The van der Waals surface area contributed by atoms with Gasteiger partial charge in [0, 0.05) is 39.0 Å². The minimum absolute atomic E-state index is 0.0716. The molecule has 0 saturated carbocycles. The van der Waals surface area contributed by atoms with E-state index in [-0.39, 0.29) is 18.4 Å². The smallest absolute Gasteiger partial charge is 0.252 e. The Kier molecular flexibility index (Phi) is 4.92. The van der Waals surface area contributed by atoms with E-state index < -0.39 is 0 Å². The van der Waals surface area contributed by atoms with Crippen molar-refractivity contribution in [2.45, 2.75) is 26.7 Å². The van der Waals surface area contributed by atoms with E-state index in [0.29, 0.717) is 18.6 Å². The first-order valence-electron chi connectivity index (χ1n) is 7.41. The van der Waals surface area contributed by atoms with Gasteiger partial charge < -0.3 is 9.80 Å². The molecule has 0 fully saturated rings. The average molecular weight is 318 g/mol. The molecule has 2 amide bonds. The summed E-state index contributed by atoms with van der Waals surface area (Å²) >= 11 is 0. The summed E-state index contributed by atoms with van der Waals surface area (Å²) < 4.78 is 1.67. The molecule has 8 nitrogen and oxygen atoms in total. The maximum Gasteiger partial charge on any atom is 0.252 e. The van der Waals surface area contributed by atoms with Crippen LogP contribution < -0.4 is 0 Å². The number of carbonyl (C=O) groups excluding carboxylic acids is 2. The molecule has 8 heteroatoms. The topological polar surface area (TPSA) is 83.7 Å². The number of likely N-dealkylation sites (N-methyl/N-ethyl adjacent to an activating group) is 2. The fourth-order valence-corrected chi connectivity index (χ4v) is 2.37. The van der Waals surface area contributed by atoms with Crippen LogP contribution in [0.5, 0.6) is 0 Å². The molecule has 0 aliphatic carbocycles. The molecule has 0 aromatic carbocycles. The van der Waals surface area contributed by atoms with E-state index in [1.54, 1.807) is 25.7 Å². The molecule has 2 rings (SSSR count). The number of fused-ring (bicyclic) bond motifs is 1. The number of hydrogen-bond acceptors (Lipinski definition) is 5. The normalized spacial score (nSPS) is 10.8. The molecule has 0 saturated heterocycles. The van der Waals surface area contributed by atoms with Crippen molar-refractivity contribution >= 4 is 17.6 Å². The van der Waals surface area contributed by atoms with Crippen LogP contribution in [0, 0.1) is 13.8 Å². The lowest BCUT2D eigenvalue weighted by Gasteiger charge is -2.19. The predicted octanol–water partition coefficient (Wildman–Crippen LogP) is 0.220. The molecule has 2 heterocycles. The van der Waals surface area contributed by atoms with Gasteiger partial charge in [-0.3, -0.25) is 9.59 Å². The Labute approximate surface area is 135 Å². The number of aromatic nitrogens is 4. The van der Waals surface area contributed by atoms with Crippen LogP contribution in [0.1, 0.15) is 23.4 Å². The van der Waals surface area contributed by atoms with E-state index in [9.17, 15) is 9.59 Å². The van der Waals surface area contributed by atoms with Crippen molar-refractivity contribution in [3.63, 3.8) is 0 Å². The summed E-state index contributed by atoms with van der Waals surface area (Å²) in [6.07, 6.45) is 2.34. The van der Waals surface area contributed by atoms with Gasteiger partial charge in [-0.05, 0) is 25.8 Å². The second-order valence-electron chi connectivity index (χ2n) is 5.77. The average Bonchev–Trinajstić information content (AvgIpc) is 2.94. The lowest BCUT2D eigenvalue weighted by atomic mass is 10.1. The lowest BCUT2D eigenvalue weighted by Crippen LogP contribution is -2.37. The van der Waals surface area contributed by atoms with Gasteiger partial charge in [0.2, 0.25) is 11.8 Å². The van der Waals surface area contributed by atoms with Gasteiger partial charge in [0.15, 0.2) is 0 Å². The van der Waals surface area contributed by atoms with Crippen molar-refractivity contribution < 1.29 is 9.59 Å². The number of nitrogens with zero attached hydrogens (tertiary/aromatic N) is 6. The highest BCUT2D eigenvalue weighted by molar-refractivity contribution is 5.84. The number of amides is 2. The third kappa shape index (κ3) is 3.64. The highest BCUT2D eigenvalue weighted by atomic mass is 16.2. The van der Waals surface area contributed by atoms with Crippen molar-refractivity contribution in [2.24, 2.45) is 0 Å². The summed E-state index contributed by atoms with van der Waals surface area (Å²) in [7, 11) is 4.99. The fraction of sp³-hybridized carbons (Fsp3) is 0.533. The second-order valence-corrected chi connectivity index (χ2v) is 5.77.